The van der Waals surface area contributed by atoms with Crippen molar-refractivity contribution in [3.8, 4) is 0 Å². The Balaban J connectivity index is 2.62. The van der Waals surface area contributed by atoms with E-state index in [2.05, 4.69) is 17.9 Å². The molecule has 1 rings (SSSR count). The molecule has 0 heterocycles. The molecule has 20 heavy (non-hydrogen) atoms. The smallest absolute Gasteiger partial charge is 0.254 e. The van der Waals surface area contributed by atoms with Crippen LogP contribution in [0, 0.1) is 6.92 Å². The number of hydrogen-bond donors (Lipinski definition) is 2. The van der Waals surface area contributed by atoms with Crippen molar-refractivity contribution in [2.75, 3.05) is 33.9 Å². The summed E-state index contributed by atoms with van der Waals surface area (Å²) in [5.41, 5.74) is 1.42. The molecule has 0 saturated heterocycles. The van der Waals surface area contributed by atoms with Gasteiger partial charge in [-0.2, -0.15) is 0 Å². The van der Waals surface area contributed by atoms with Gasteiger partial charge in [0.2, 0.25) is 5.91 Å². The molecule has 110 valence electrons. The number of nitrogens with one attached hydrogen (secondary N) is 1. The van der Waals surface area contributed by atoms with Gasteiger partial charge in [0.15, 0.2) is 0 Å². The molecule has 6 heteroatoms. The fraction of sp³-hybridized carbons (Fsp3) is 0.429. The van der Waals surface area contributed by atoms with Gasteiger partial charge in [-0.1, -0.05) is 6.07 Å². The van der Waals surface area contributed by atoms with Crippen molar-refractivity contribution in [1.29, 1.82) is 0 Å². The molecule has 0 fully saturated rings. The maximum absolute atomic E-state index is 12.3. The summed E-state index contributed by atoms with van der Waals surface area (Å²) < 4.78 is 4.84. The Kier molecular flexibility index (Phi) is 6.54. The second kappa shape index (κ2) is 7.91. The third-order valence-corrected chi connectivity index (χ3v) is 3.09. The van der Waals surface area contributed by atoms with Crippen LogP contribution < -0.4 is 5.32 Å². The number of hydrogen-bond acceptors (Lipinski definition) is 4. The number of carbonyl (C=O) groups excluding carboxylic acids is 2. The molecule has 0 aromatic heterocycles. The Morgan fingerprint density at radius 1 is 1.40 bits per heavy atom. The maximum atomic E-state index is 12.3. The lowest BCUT2D eigenvalue weighted by Gasteiger charge is -2.18. The molecular weight excluding hydrogens is 276 g/mol. The summed E-state index contributed by atoms with van der Waals surface area (Å²) in [6.45, 7) is 2.75. The van der Waals surface area contributed by atoms with E-state index < -0.39 is 0 Å². The molecule has 5 nitrogen and oxygen atoms in total. The fourth-order valence-electron chi connectivity index (χ4n) is 1.68. The number of benzene rings is 1. The molecule has 0 aliphatic heterocycles. The zero-order valence-corrected chi connectivity index (χ0v) is 12.9. The summed E-state index contributed by atoms with van der Waals surface area (Å²) in [4.78, 5) is 26.0. The predicted molar refractivity (Wildman–Crippen MR) is 80.3 cm³/mol. The van der Waals surface area contributed by atoms with Gasteiger partial charge in [-0.3, -0.25) is 9.59 Å². The van der Waals surface area contributed by atoms with E-state index in [0.29, 0.717) is 18.7 Å². The standard InChI is InChI=1S/C14H20N2O3S/c1-10-4-5-11(20)8-12(10)14(18)16(2)9-13(17)15-6-7-19-3/h4-5,8,20H,6-7,9H2,1-3H3,(H,15,17). The first-order valence-electron chi connectivity index (χ1n) is 6.26. The first-order valence-corrected chi connectivity index (χ1v) is 6.71. The quantitative estimate of drug-likeness (QED) is 0.611. The van der Waals surface area contributed by atoms with Crippen molar-refractivity contribution < 1.29 is 14.3 Å². The molecule has 1 aromatic carbocycles. The van der Waals surface area contributed by atoms with Crippen LogP contribution in [0.2, 0.25) is 0 Å². The summed E-state index contributed by atoms with van der Waals surface area (Å²) >= 11 is 4.23. The second-order valence-electron chi connectivity index (χ2n) is 4.50. The highest BCUT2D eigenvalue weighted by Crippen LogP contribution is 2.15. The largest absolute Gasteiger partial charge is 0.383 e. The Morgan fingerprint density at radius 2 is 2.10 bits per heavy atom. The van der Waals surface area contributed by atoms with Crippen LogP contribution in [0.1, 0.15) is 15.9 Å². The van der Waals surface area contributed by atoms with Crippen LogP contribution in [-0.2, 0) is 9.53 Å². The van der Waals surface area contributed by atoms with Gasteiger partial charge in [0, 0.05) is 31.2 Å². The van der Waals surface area contributed by atoms with E-state index in [0.717, 1.165) is 10.5 Å². The van der Waals surface area contributed by atoms with Crippen molar-refractivity contribution in [3.63, 3.8) is 0 Å². The summed E-state index contributed by atoms with van der Waals surface area (Å²) in [6, 6.07) is 5.37. The average Bonchev–Trinajstić information content (AvgIpc) is 2.41. The lowest BCUT2D eigenvalue weighted by Crippen LogP contribution is -2.39. The number of nitrogens with zero attached hydrogens (tertiary/aromatic N) is 1. The summed E-state index contributed by atoms with van der Waals surface area (Å²) in [5.74, 6) is -0.405. The SMILES string of the molecule is COCCNC(=O)CN(C)C(=O)c1cc(S)ccc1C. The normalized spacial score (nSPS) is 10.2. The summed E-state index contributed by atoms with van der Waals surface area (Å²) in [5, 5.41) is 2.67. The number of thiol groups is 1. The van der Waals surface area contributed by atoms with Crippen LogP contribution in [-0.4, -0.2) is 50.6 Å². The molecule has 0 spiro atoms. The molecule has 2 amide bonds. The van der Waals surface area contributed by atoms with Gasteiger partial charge in [0.25, 0.3) is 5.91 Å². The zero-order valence-electron chi connectivity index (χ0n) is 12.0. The number of methoxy groups -OCH3 is 1. The molecule has 0 radical (unpaired) electrons. The van der Waals surface area contributed by atoms with Gasteiger partial charge in [0.1, 0.15) is 0 Å². The van der Waals surface area contributed by atoms with Crippen LogP contribution in [0.15, 0.2) is 23.1 Å². The van der Waals surface area contributed by atoms with E-state index in [4.69, 9.17) is 4.74 Å². The predicted octanol–water partition coefficient (Wildman–Crippen LogP) is 1.12. The number of ether oxygens (including phenoxy) is 1. The van der Waals surface area contributed by atoms with E-state index in [1.54, 1.807) is 20.2 Å². The van der Waals surface area contributed by atoms with Crippen molar-refractivity contribution in [1.82, 2.24) is 10.2 Å². The third kappa shape index (κ3) is 4.86. The number of likely N-dealkylation sites (N-methyl/N-ethyl adjacent to an activating group) is 1. The lowest BCUT2D eigenvalue weighted by molar-refractivity contribution is -0.121. The highest BCUT2D eigenvalue weighted by molar-refractivity contribution is 7.80. The Bertz CT molecular complexity index is 491. The maximum Gasteiger partial charge on any atom is 0.254 e. The van der Waals surface area contributed by atoms with Crippen LogP contribution in [0.3, 0.4) is 0 Å². The van der Waals surface area contributed by atoms with Crippen molar-refractivity contribution in [2.24, 2.45) is 0 Å². The summed E-state index contributed by atoms with van der Waals surface area (Å²) in [6.07, 6.45) is 0. The molecule has 0 aliphatic rings. The van der Waals surface area contributed by atoms with Gasteiger partial charge in [-0.25, -0.2) is 0 Å². The molecule has 0 bridgehead atoms. The topological polar surface area (TPSA) is 58.6 Å². The van der Waals surface area contributed by atoms with Crippen LogP contribution in [0.4, 0.5) is 0 Å². The van der Waals surface area contributed by atoms with Crippen LogP contribution in [0.5, 0.6) is 0 Å². The molecule has 0 unspecified atom stereocenters. The van der Waals surface area contributed by atoms with Crippen LogP contribution in [0.25, 0.3) is 0 Å². The van der Waals surface area contributed by atoms with Gasteiger partial charge in [-0.05, 0) is 24.6 Å². The van der Waals surface area contributed by atoms with E-state index in [1.165, 1.54) is 4.90 Å². The number of rotatable bonds is 6. The molecule has 0 atom stereocenters. The van der Waals surface area contributed by atoms with Crippen molar-refractivity contribution in [2.45, 2.75) is 11.8 Å². The van der Waals surface area contributed by atoms with Crippen molar-refractivity contribution in [3.05, 3.63) is 29.3 Å². The molecular formula is C14H20N2O3S. The fourth-order valence-corrected chi connectivity index (χ4v) is 1.89. The minimum atomic E-state index is -0.211. The molecule has 0 saturated carbocycles. The second-order valence-corrected chi connectivity index (χ2v) is 5.02. The average molecular weight is 296 g/mol. The Morgan fingerprint density at radius 3 is 2.75 bits per heavy atom. The van der Waals surface area contributed by atoms with Crippen molar-refractivity contribution >= 4 is 24.4 Å². The minimum absolute atomic E-state index is 0.0127. The van der Waals surface area contributed by atoms with Gasteiger partial charge < -0.3 is 15.0 Å². The van der Waals surface area contributed by atoms with Crippen LogP contribution >= 0.6 is 12.6 Å². The monoisotopic (exact) mass is 296 g/mol. The first-order chi connectivity index (χ1) is 9.45. The molecule has 1 aromatic rings. The van der Waals surface area contributed by atoms with E-state index in [9.17, 15) is 9.59 Å². The Hall–Kier alpha value is -1.53. The van der Waals surface area contributed by atoms with Gasteiger partial charge in [-0.15, -0.1) is 12.6 Å². The minimum Gasteiger partial charge on any atom is -0.383 e. The number of amides is 2. The third-order valence-electron chi connectivity index (χ3n) is 2.81. The number of aryl methyl sites for hydroxylation is 1. The van der Waals surface area contributed by atoms with Gasteiger partial charge in [0.05, 0.1) is 13.2 Å². The first kappa shape index (κ1) is 16.5. The zero-order chi connectivity index (χ0) is 15.1. The number of carbonyl (C=O) groups is 2. The Labute approximate surface area is 124 Å². The van der Waals surface area contributed by atoms with E-state index in [-0.39, 0.29) is 18.4 Å². The van der Waals surface area contributed by atoms with E-state index in [1.807, 2.05) is 19.1 Å². The highest BCUT2D eigenvalue weighted by Gasteiger charge is 2.16. The van der Waals surface area contributed by atoms with E-state index >= 15 is 0 Å². The molecule has 1 N–H and O–H groups in total. The molecule has 0 aliphatic carbocycles. The highest BCUT2D eigenvalue weighted by atomic mass is 32.1. The van der Waals surface area contributed by atoms with Gasteiger partial charge >= 0.3 is 0 Å². The summed E-state index contributed by atoms with van der Waals surface area (Å²) in [7, 11) is 3.16. The lowest BCUT2D eigenvalue weighted by atomic mass is 10.1.